The van der Waals surface area contributed by atoms with Crippen LogP contribution in [0.5, 0.6) is 5.75 Å². The van der Waals surface area contributed by atoms with Crippen LogP contribution in [0.4, 0.5) is 5.82 Å². The van der Waals surface area contributed by atoms with E-state index in [0.717, 1.165) is 30.4 Å². The van der Waals surface area contributed by atoms with Crippen LogP contribution < -0.4 is 10.1 Å². The molecule has 0 bridgehead atoms. The molecule has 0 atom stereocenters. The number of carbonyl (C=O) groups excluding carboxylic acids is 2. The predicted octanol–water partition coefficient (Wildman–Crippen LogP) is 3.63. The molecule has 1 aliphatic heterocycles. The minimum absolute atomic E-state index is 0.00942. The Hall–Kier alpha value is -2.25. The van der Waals surface area contributed by atoms with Crippen LogP contribution in [0.2, 0.25) is 0 Å². The lowest BCUT2D eigenvalue weighted by Crippen LogP contribution is -2.33. The number of hydrogen-bond donors (Lipinski definition) is 1. The Morgan fingerprint density at radius 1 is 1.22 bits per heavy atom. The summed E-state index contributed by atoms with van der Waals surface area (Å²) < 4.78 is 6.02. The van der Waals surface area contributed by atoms with Crippen molar-refractivity contribution in [3.8, 4) is 5.75 Å². The van der Waals surface area contributed by atoms with Crippen LogP contribution in [-0.2, 0) is 0 Å². The number of hydrogen-bond acceptors (Lipinski definition) is 5. The maximum atomic E-state index is 12.7. The second-order valence-corrected chi connectivity index (χ2v) is 7.56. The van der Waals surface area contributed by atoms with Gasteiger partial charge >= 0.3 is 0 Å². The van der Waals surface area contributed by atoms with E-state index in [1.54, 1.807) is 36.4 Å². The van der Waals surface area contributed by atoms with Gasteiger partial charge in [0.2, 0.25) is 0 Å². The Balaban J connectivity index is 1.75. The van der Waals surface area contributed by atoms with Gasteiger partial charge < -0.3 is 15.0 Å². The highest BCUT2D eigenvalue weighted by Crippen LogP contribution is 2.24. The minimum atomic E-state index is -0.343. The van der Waals surface area contributed by atoms with Gasteiger partial charge in [-0.05, 0) is 63.3 Å². The lowest BCUT2D eigenvalue weighted by Gasteiger charge is -2.27. The van der Waals surface area contributed by atoms with Crippen molar-refractivity contribution in [2.75, 3.05) is 32.6 Å². The quantitative estimate of drug-likeness (QED) is 0.731. The summed E-state index contributed by atoms with van der Waals surface area (Å²) in [7, 11) is 3.57. The zero-order valence-corrected chi connectivity index (χ0v) is 17.0. The van der Waals surface area contributed by atoms with Gasteiger partial charge in [0.05, 0.1) is 12.7 Å². The molecule has 0 radical (unpaired) electrons. The van der Waals surface area contributed by atoms with Crippen molar-refractivity contribution in [2.45, 2.75) is 12.8 Å². The Morgan fingerprint density at radius 2 is 1.96 bits per heavy atom. The number of pyridine rings is 1. The molecule has 6 nitrogen and oxygen atoms in total. The van der Waals surface area contributed by atoms with Crippen molar-refractivity contribution < 1.29 is 14.3 Å². The fraction of sp³-hybridized carbons (Fsp3) is 0.350. The molecule has 1 saturated heterocycles. The number of piperidine rings is 1. The molecule has 0 spiro atoms. The summed E-state index contributed by atoms with van der Waals surface area (Å²) in [4.78, 5) is 31.9. The van der Waals surface area contributed by atoms with E-state index in [0.29, 0.717) is 22.8 Å². The first-order valence-corrected chi connectivity index (χ1v) is 9.62. The first-order chi connectivity index (χ1) is 13.0. The third kappa shape index (κ3) is 4.73. The summed E-state index contributed by atoms with van der Waals surface area (Å²) in [6, 6.07) is 10.3. The fourth-order valence-electron chi connectivity index (χ4n) is 3.16. The molecule has 1 amide bonds. The first-order valence-electron chi connectivity index (χ1n) is 8.82. The highest BCUT2D eigenvalue weighted by Gasteiger charge is 2.25. The molecule has 1 aromatic heterocycles. The molecule has 1 fully saturated rings. The van der Waals surface area contributed by atoms with E-state index in [1.165, 1.54) is 7.11 Å². The van der Waals surface area contributed by atoms with Gasteiger partial charge in [0.1, 0.15) is 17.3 Å². The zero-order chi connectivity index (χ0) is 19.4. The Kier molecular flexibility index (Phi) is 6.23. The highest BCUT2D eigenvalue weighted by atomic mass is 79.9. The standard InChI is InChI=1S/C20H22BrN3O3/c1-24-10-8-13(9-11-24)19(25)16-4-3-5-18(22-16)23-20(26)15-12-14(21)6-7-17(15)27-2/h3-7,12-13H,8-11H2,1-2H3,(H,22,23,26). The van der Waals surface area contributed by atoms with Crippen molar-refractivity contribution >= 4 is 33.4 Å². The molecule has 0 saturated carbocycles. The van der Waals surface area contributed by atoms with Gasteiger partial charge in [-0.3, -0.25) is 9.59 Å². The average Bonchev–Trinajstić information content (AvgIpc) is 2.68. The molecule has 142 valence electrons. The number of benzene rings is 1. The molecule has 1 aromatic carbocycles. The number of aromatic nitrogens is 1. The lowest BCUT2D eigenvalue weighted by molar-refractivity contribution is 0.0851. The molecule has 27 heavy (non-hydrogen) atoms. The SMILES string of the molecule is COc1ccc(Br)cc1C(=O)Nc1cccc(C(=O)C2CCN(C)CC2)n1. The number of likely N-dealkylation sites (tertiary alicyclic amines) is 1. The van der Waals surface area contributed by atoms with Gasteiger partial charge in [0.15, 0.2) is 5.78 Å². The third-order valence-corrected chi connectivity index (χ3v) is 5.23. The fourth-order valence-corrected chi connectivity index (χ4v) is 3.52. The zero-order valence-electron chi connectivity index (χ0n) is 15.4. The number of methoxy groups -OCH3 is 1. The molecular weight excluding hydrogens is 410 g/mol. The topological polar surface area (TPSA) is 71.5 Å². The number of Topliss-reactive ketones (excluding diaryl/α,β-unsaturated/α-hetero) is 1. The van der Waals surface area contributed by atoms with Gasteiger partial charge in [-0.25, -0.2) is 4.98 Å². The van der Waals surface area contributed by atoms with E-state index in [1.807, 2.05) is 0 Å². The van der Waals surface area contributed by atoms with Crippen LogP contribution in [0.3, 0.4) is 0 Å². The molecule has 0 unspecified atom stereocenters. The van der Waals surface area contributed by atoms with E-state index in [9.17, 15) is 9.59 Å². The van der Waals surface area contributed by atoms with Gasteiger partial charge in [0, 0.05) is 10.4 Å². The second-order valence-electron chi connectivity index (χ2n) is 6.65. The van der Waals surface area contributed by atoms with E-state index < -0.39 is 0 Å². The summed E-state index contributed by atoms with van der Waals surface area (Å²) in [6.07, 6.45) is 1.67. The second kappa shape index (κ2) is 8.63. The molecule has 0 aliphatic carbocycles. The first kappa shape index (κ1) is 19.5. The highest BCUT2D eigenvalue weighted by molar-refractivity contribution is 9.10. The van der Waals surface area contributed by atoms with Crippen LogP contribution in [0, 0.1) is 5.92 Å². The van der Waals surface area contributed by atoms with Crippen molar-refractivity contribution in [1.29, 1.82) is 0 Å². The lowest BCUT2D eigenvalue weighted by atomic mass is 9.91. The Bertz CT molecular complexity index is 848. The number of anilines is 1. The van der Waals surface area contributed by atoms with Crippen LogP contribution in [0.15, 0.2) is 40.9 Å². The van der Waals surface area contributed by atoms with Crippen molar-refractivity contribution in [2.24, 2.45) is 5.92 Å². The van der Waals surface area contributed by atoms with E-state index >= 15 is 0 Å². The van der Waals surface area contributed by atoms with E-state index in [-0.39, 0.29) is 17.6 Å². The Morgan fingerprint density at radius 3 is 2.67 bits per heavy atom. The summed E-state index contributed by atoms with van der Waals surface area (Å²) in [5.41, 5.74) is 0.782. The number of carbonyl (C=O) groups is 2. The number of ketones is 1. The molecule has 3 rings (SSSR count). The molecule has 1 aliphatic rings. The van der Waals surface area contributed by atoms with Crippen LogP contribution in [0.1, 0.15) is 33.7 Å². The largest absolute Gasteiger partial charge is 0.496 e. The summed E-state index contributed by atoms with van der Waals surface area (Å²) in [5.74, 6) is 0.503. The molecule has 1 N–H and O–H groups in total. The maximum Gasteiger partial charge on any atom is 0.260 e. The van der Waals surface area contributed by atoms with E-state index in [2.05, 4.69) is 38.2 Å². The van der Waals surface area contributed by atoms with Crippen LogP contribution in [-0.4, -0.2) is 48.8 Å². The van der Waals surface area contributed by atoms with Crippen LogP contribution >= 0.6 is 15.9 Å². The Labute approximate surface area is 167 Å². The normalized spacial score (nSPS) is 15.4. The van der Waals surface area contributed by atoms with Gasteiger partial charge in [0.25, 0.3) is 5.91 Å². The summed E-state index contributed by atoms with van der Waals surface area (Å²) in [5, 5.41) is 2.75. The van der Waals surface area contributed by atoms with E-state index in [4.69, 9.17) is 4.74 Å². The van der Waals surface area contributed by atoms with Gasteiger partial charge in [-0.1, -0.05) is 22.0 Å². The number of ether oxygens (including phenoxy) is 1. The molecule has 2 heterocycles. The predicted molar refractivity (Wildman–Crippen MR) is 107 cm³/mol. The average molecular weight is 432 g/mol. The summed E-state index contributed by atoms with van der Waals surface area (Å²) >= 11 is 3.36. The molecular formula is C20H22BrN3O3. The van der Waals surface area contributed by atoms with Gasteiger partial charge in [-0.2, -0.15) is 0 Å². The number of rotatable bonds is 5. The summed E-state index contributed by atoms with van der Waals surface area (Å²) in [6.45, 7) is 1.82. The third-order valence-electron chi connectivity index (χ3n) is 4.74. The minimum Gasteiger partial charge on any atom is -0.496 e. The molecule has 2 aromatic rings. The van der Waals surface area contributed by atoms with Crippen molar-refractivity contribution in [1.82, 2.24) is 9.88 Å². The van der Waals surface area contributed by atoms with Crippen LogP contribution in [0.25, 0.3) is 0 Å². The monoisotopic (exact) mass is 431 g/mol. The number of nitrogens with zero attached hydrogens (tertiary/aromatic N) is 2. The number of halogens is 1. The maximum absolute atomic E-state index is 12.7. The van der Waals surface area contributed by atoms with Crippen molar-refractivity contribution in [3.63, 3.8) is 0 Å². The van der Waals surface area contributed by atoms with Crippen molar-refractivity contribution in [3.05, 3.63) is 52.1 Å². The van der Waals surface area contributed by atoms with Gasteiger partial charge in [-0.15, -0.1) is 0 Å². The smallest absolute Gasteiger partial charge is 0.260 e. The molecule has 7 heteroatoms. The number of nitrogens with one attached hydrogen (secondary N) is 1. The number of amides is 1.